The molecule has 0 amide bonds. The summed E-state index contributed by atoms with van der Waals surface area (Å²) in [6.07, 6.45) is 0.593. The Morgan fingerprint density at radius 2 is 2.25 bits per heavy atom. The van der Waals surface area contributed by atoms with Gasteiger partial charge in [-0.1, -0.05) is 12.2 Å². The van der Waals surface area contributed by atoms with Crippen LogP contribution < -0.4 is 5.73 Å². The smallest absolute Gasteiger partial charge is 0.151 e. The predicted octanol–water partition coefficient (Wildman–Crippen LogP) is 1.08. The van der Waals surface area contributed by atoms with E-state index in [9.17, 15) is 12.8 Å². The van der Waals surface area contributed by atoms with Crippen molar-refractivity contribution >= 4 is 27.0 Å². The van der Waals surface area contributed by atoms with Crippen molar-refractivity contribution in [1.82, 2.24) is 4.90 Å². The number of nitrogens with zero attached hydrogens (tertiary/aromatic N) is 1. The van der Waals surface area contributed by atoms with Crippen molar-refractivity contribution in [3.05, 3.63) is 35.1 Å². The fraction of sp³-hybridized carbons (Fsp3) is 0.462. The maximum absolute atomic E-state index is 13.8. The zero-order valence-corrected chi connectivity index (χ0v) is 12.8. The highest BCUT2D eigenvalue weighted by molar-refractivity contribution is 7.91. The van der Waals surface area contributed by atoms with Crippen LogP contribution in [0.15, 0.2) is 18.2 Å². The molecule has 0 aromatic heterocycles. The molecule has 1 saturated heterocycles. The minimum atomic E-state index is -2.94. The number of hydrogen-bond donors (Lipinski definition) is 1. The van der Waals surface area contributed by atoms with E-state index in [4.69, 9.17) is 18.0 Å². The molecule has 0 aliphatic carbocycles. The van der Waals surface area contributed by atoms with Crippen LogP contribution in [0.5, 0.6) is 0 Å². The van der Waals surface area contributed by atoms with Crippen molar-refractivity contribution in [3.8, 4) is 0 Å². The molecule has 1 heterocycles. The fourth-order valence-electron chi connectivity index (χ4n) is 2.37. The van der Waals surface area contributed by atoms with Gasteiger partial charge in [0.05, 0.1) is 11.5 Å². The molecule has 0 bridgehead atoms. The van der Waals surface area contributed by atoms with Crippen molar-refractivity contribution < 1.29 is 12.8 Å². The second-order valence-electron chi connectivity index (χ2n) is 5.14. The molecule has 1 fully saturated rings. The van der Waals surface area contributed by atoms with Gasteiger partial charge in [-0.2, -0.15) is 0 Å². The summed E-state index contributed by atoms with van der Waals surface area (Å²) < 4.78 is 36.8. The average molecular weight is 316 g/mol. The minimum Gasteiger partial charge on any atom is -0.389 e. The first-order valence-corrected chi connectivity index (χ1v) is 8.50. The lowest BCUT2D eigenvalue weighted by Gasteiger charge is -2.23. The van der Waals surface area contributed by atoms with E-state index in [0.717, 1.165) is 0 Å². The second-order valence-corrected chi connectivity index (χ2v) is 7.81. The van der Waals surface area contributed by atoms with Crippen molar-refractivity contribution in [2.75, 3.05) is 18.6 Å². The maximum Gasteiger partial charge on any atom is 0.151 e. The molecule has 1 aliphatic heterocycles. The molecule has 1 aromatic carbocycles. The third-order valence-electron chi connectivity index (χ3n) is 3.58. The van der Waals surface area contributed by atoms with Crippen molar-refractivity contribution in [3.63, 3.8) is 0 Å². The van der Waals surface area contributed by atoms with Crippen LogP contribution in [0.3, 0.4) is 0 Å². The molecule has 1 aliphatic rings. The van der Waals surface area contributed by atoms with E-state index in [-0.39, 0.29) is 28.4 Å². The molecule has 110 valence electrons. The maximum atomic E-state index is 13.8. The number of nitrogens with two attached hydrogens (primary N) is 1. The Balaban J connectivity index is 2.13. The standard InChI is InChI=1S/C13H17FN2O2S2/c1-16(11-4-5-20(17,18)8-11)7-10-6-9(13(15)19)2-3-12(10)14/h2-3,6,11H,4-5,7-8H2,1H3,(H2,15,19). The molecule has 0 saturated carbocycles. The highest BCUT2D eigenvalue weighted by atomic mass is 32.2. The third kappa shape index (κ3) is 3.53. The molecule has 1 unspecified atom stereocenters. The lowest BCUT2D eigenvalue weighted by atomic mass is 10.1. The molecule has 0 spiro atoms. The van der Waals surface area contributed by atoms with Crippen LogP contribution in [0, 0.1) is 5.82 Å². The van der Waals surface area contributed by atoms with Gasteiger partial charge in [-0.3, -0.25) is 4.90 Å². The lowest BCUT2D eigenvalue weighted by molar-refractivity contribution is 0.250. The van der Waals surface area contributed by atoms with Gasteiger partial charge >= 0.3 is 0 Å². The van der Waals surface area contributed by atoms with Crippen LogP contribution in [-0.2, 0) is 16.4 Å². The lowest BCUT2D eigenvalue weighted by Crippen LogP contribution is -2.32. The van der Waals surface area contributed by atoms with Gasteiger partial charge < -0.3 is 5.73 Å². The highest BCUT2D eigenvalue weighted by Crippen LogP contribution is 2.20. The Kier molecular flexibility index (Phi) is 4.41. The summed E-state index contributed by atoms with van der Waals surface area (Å²) in [7, 11) is -1.14. The van der Waals surface area contributed by atoms with E-state index in [1.54, 1.807) is 19.2 Å². The molecule has 7 heteroatoms. The Labute approximate surface area is 123 Å². The first kappa shape index (κ1) is 15.3. The highest BCUT2D eigenvalue weighted by Gasteiger charge is 2.30. The molecule has 2 N–H and O–H groups in total. The number of rotatable bonds is 4. The number of hydrogen-bond acceptors (Lipinski definition) is 4. The summed E-state index contributed by atoms with van der Waals surface area (Å²) >= 11 is 4.88. The summed E-state index contributed by atoms with van der Waals surface area (Å²) in [6, 6.07) is 4.44. The van der Waals surface area contributed by atoms with Crippen LogP contribution in [-0.4, -0.2) is 42.9 Å². The summed E-state index contributed by atoms with van der Waals surface area (Å²) in [5.74, 6) is 0.00931. The van der Waals surface area contributed by atoms with Gasteiger partial charge in [0.15, 0.2) is 9.84 Å². The van der Waals surface area contributed by atoms with Crippen LogP contribution in [0.4, 0.5) is 4.39 Å². The van der Waals surface area contributed by atoms with E-state index in [1.165, 1.54) is 6.07 Å². The summed E-state index contributed by atoms with van der Waals surface area (Å²) in [6.45, 7) is 0.336. The van der Waals surface area contributed by atoms with Gasteiger partial charge in [-0.05, 0) is 31.7 Å². The zero-order valence-electron chi connectivity index (χ0n) is 11.2. The normalized spacial score (nSPS) is 21.2. The molecule has 0 radical (unpaired) electrons. The van der Waals surface area contributed by atoms with Crippen molar-refractivity contribution in [1.29, 1.82) is 0 Å². The first-order valence-electron chi connectivity index (χ1n) is 6.27. The third-order valence-corrected chi connectivity index (χ3v) is 5.57. The number of halogens is 1. The number of benzene rings is 1. The van der Waals surface area contributed by atoms with Crippen LogP contribution >= 0.6 is 12.2 Å². The minimum absolute atomic E-state index is 0.0621. The summed E-state index contributed by atoms with van der Waals surface area (Å²) in [5.41, 5.74) is 6.63. The second kappa shape index (κ2) is 5.75. The van der Waals surface area contributed by atoms with E-state index in [2.05, 4.69) is 0 Å². The number of sulfone groups is 1. The van der Waals surface area contributed by atoms with Gasteiger partial charge in [0.1, 0.15) is 10.8 Å². The zero-order chi connectivity index (χ0) is 14.9. The average Bonchev–Trinajstić information content (AvgIpc) is 2.72. The van der Waals surface area contributed by atoms with Gasteiger partial charge in [-0.25, -0.2) is 12.8 Å². The molecule has 1 atom stereocenters. The van der Waals surface area contributed by atoms with E-state index in [1.807, 2.05) is 4.90 Å². The van der Waals surface area contributed by atoms with E-state index < -0.39 is 9.84 Å². The largest absolute Gasteiger partial charge is 0.389 e. The van der Waals surface area contributed by atoms with Crippen LogP contribution in [0.25, 0.3) is 0 Å². The van der Waals surface area contributed by atoms with Gasteiger partial charge in [0.25, 0.3) is 0 Å². The Morgan fingerprint density at radius 3 is 2.80 bits per heavy atom. The molecular weight excluding hydrogens is 299 g/mol. The quantitative estimate of drug-likeness (QED) is 0.842. The van der Waals surface area contributed by atoms with Crippen LogP contribution in [0.2, 0.25) is 0 Å². The Bertz CT molecular complexity index is 631. The van der Waals surface area contributed by atoms with E-state index >= 15 is 0 Å². The Hall–Kier alpha value is -1.05. The molecular formula is C13H17FN2O2S2. The molecule has 20 heavy (non-hydrogen) atoms. The predicted molar refractivity (Wildman–Crippen MR) is 80.8 cm³/mol. The fourth-order valence-corrected chi connectivity index (χ4v) is 4.30. The van der Waals surface area contributed by atoms with Gasteiger partial charge in [-0.15, -0.1) is 0 Å². The summed E-state index contributed by atoms with van der Waals surface area (Å²) in [5, 5.41) is 0. The number of thiocarbonyl (C=S) groups is 1. The van der Waals surface area contributed by atoms with Gasteiger partial charge in [0.2, 0.25) is 0 Å². The SMILES string of the molecule is CN(Cc1cc(C(N)=S)ccc1F)C1CCS(=O)(=O)C1. The van der Waals surface area contributed by atoms with Crippen LogP contribution in [0.1, 0.15) is 17.5 Å². The summed E-state index contributed by atoms with van der Waals surface area (Å²) in [4.78, 5) is 2.09. The van der Waals surface area contributed by atoms with Gasteiger partial charge in [0, 0.05) is 23.7 Å². The Morgan fingerprint density at radius 1 is 1.55 bits per heavy atom. The topological polar surface area (TPSA) is 63.4 Å². The molecule has 1 aromatic rings. The molecule has 4 nitrogen and oxygen atoms in total. The first-order chi connectivity index (χ1) is 9.28. The van der Waals surface area contributed by atoms with Crippen molar-refractivity contribution in [2.24, 2.45) is 5.73 Å². The monoisotopic (exact) mass is 316 g/mol. The van der Waals surface area contributed by atoms with E-state index in [0.29, 0.717) is 24.1 Å². The van der Waals surface area contributed by atoms with Crippen molar-refractivity contribution in [2.45, 2.75) is 19.0 Å². The molecule has 2 rings (SSSR count).